The van der Waals surface area contributed by atoms with E-state index in [4.69, 9.17) is 9.47 Å². The molecular weight excluding hydrogens is 314 g/mol. The number of benzene rings is 2. The Morgan fingerprint density at radius 1 is 1.20 bits per heavy atom. The molecule has 0 aromatic heterocycles. The molecule has 1 aliphatic carbocycles. The summed E-state index contributed by atoms with van der Waals surface area (Å²) >= 11 is 0. The average Bonchev–Trinajstić information content (AvgIpc) is 3.08. The van der Waals surface area contributed by atoms with Crippen molar-refractivity contribution < 1.29 is 14.3 Å². The van der Waals surface area contributed by atoms with Crippen LogP contribution < -0.4 is 0 Å². The van der Waals surface area contributed by atoms with E-state index in [9.17, 15) is 4.79 Å². The van der Waals surface area contributed by atoms with Gasteiger partial charge in [0.1, 0.15) is 0 Å². The Kier molecular flexibility index (Phi) is 4.73. The van der Waals surface area contributed by atoms with Gasteiger partial charge in [0.2, 0.25) is 0 Å². The second-order valence-corrected chi connectivity index (χ2v) is 7.03. The number of rotatable bonds is 4. The van der Waals surface area contributed by atoms with Crippen molar-refractivity contribution in [2.45, 2.75) is 31.9 Å². The smallest absolute Gasteiger partial charge is 0.254 e. The third-order valence-corrected chi connectivity index (χ3v) is 5.45. The van der Waals surface area contributed by atoms with Crippen molar-refractivity contribution >= 4 is 16.7 Å². The van der Waals surface area contributed by atoms with Crippen LogP contribution in [0.25, 0.3) is 10.8 Å². The van der Waals surface area contributed by atoms with E-state index >= 15 is 0 Å². The van der Waals surface area contributed by atoms with Gasteiger partial charge in [0, 0.05) is 25.3 Å². The second-order valence-electron chi connectivity index (χ2n) is 7.03. The number of fused-ring (bicyclic) bond motifs is 2. The molecule has 0 radical (unpaired) electrons. The lowest BCUT2D eigenvalue weighted by Gasteiger charge is -2.37. The van der Waals surface area contributed by atoms with Crippen LogP contribution in [0, 0.1) is 5.92 Å². The van der Waals surface area contributed by atoms with Crippen molar-refractivity contribution in [3.8, 4) is 0 Å². The molecule has 132 valence electrons. The van der Waals surface area contributed by atoms with Crippen LogP contribution in [0.4, 0.5) is 0 Å². The summed E-state index contributed by atoms with van der Waals surface area (Å²) in [7, 11) is 0. The highest BCUT2D eigenvalue weighted by Gasteiger charge is 2.42. The summed E-state index contributed by atoms with van der Waals surface area (Å²) in [5, 5.41) is 2.27. The maximum absolute atomic E-state index is 13.1. The monoisotopic (exact) mass is 339 g/mol. The summed E-state index contributed by atoms with van der Waals surface area (Å²) in [4.78, 5) is 15.2. The third kappa shape index (κ3) is 3.29. The van der Waals surface area contributed by atoms with Crippen LogP contribution in [0.2, 0.25) is 0 Å². The lowest BCUT2D eigenvalue weighted by molar-refractivity contribution is -0.0449. The Labute approximate surface area is 148 Å². The zero-order chi connectivity index (χ0) is 17.2. The highest BCUT2D eigenvalue weighted by molar-refractivity contribution is 5.98. The van der Waals surface area contributed by atoms with Crippen LogP contribution in [-0.2, 0) is 9.47 Å². The van der Waals surface area contributed by atoms with Gasteiger partial charge in [-0.3, -0.25) is 4.79 Å². The first-order valence-corrected chi connectivity index (χ1v) is 9.25. The minimum Gasteiger partial charge on any atom is -0.381 e. The highest BCUT2D eigenvalue weighted by atomic mass is 16.5. The number of carbonyl (C=O) groups is 1. The number of carbonyl (C=O) groups excluding carboxylic acids is 1. The number of morpholine rings is 1. The van der Waals surface area contributed by atoms with Gasteiger partial charge in [0.05, 0.1) is 18.8 Å². The number of nitrogens with zero attached hydrogens (tertiary/aromatic N) is 1. The maximum Gasteiger partial charge on any atom is 0.254 e. The molecule has 4 rings (SSSR count). The molecule has 4 nitrogen and oxygen atoms in total. The molecule has 0 bridgehead atoms. The fourth-order valence-electron chi connectivity index (χ4n) is 4.21. The molecule has 1 amide bonds. The first-order valence-electron chi connectivity index (χ1n) is 9.25. The van der Waals surface area contributed by atoms with Gasteiger partial charge < -0.3 is 14.4 Å². The first kappa shape index (κ1) is 16.6. The summed E-state index contributed by atoms with van der Waals surface area (Å²) in [6.45, 7) is 4.83. The van der Waals surface area contributed by atoms with Crippen LogP contribution in [0.3, 0.4) is 0 Å². The molecule has 2 aromatic carbocycles. The standard InChI is InChI=1S/C21H25NO3/c1-2-24-14-15-11-19-20(12-15)25-10-9-22(19)21(23)18-8-7-16-5-3-4-6-17(16)13-18/h3-8,13,15,19-20H,2,9-12,14H2,1H3/t15-,19-,20+/m0/s1. The predicted octanol–water partition coefficient (Wildman–Crippen LogP) is 3.50. The predicted molar refractivity (Wildman–Crippen MR) is 97.7 cm³/mol. The molecule has 4 heteroatoms. The molecule has 3 atom stereocenters. The summed E-state index contributed by atoms with van der Waals surface area (Å²) in [5.74, 6) is 0.612. The summed E-state index contributed by atoms with van der Waals surface area (Å²) in [6.07, 6.45) is 2.12. The Morgan fingerprint density at radius 3 is 2.88 bits per heavy atom. The fraction of sp³-hybridized carbons (Fsp3) is 0.476. The van der Waals surface area contributed by atoms with Crippen LogP contribution in [-0.4, -0.2) is 49.3 Å². The molecule has 2 aliphatic rings. The Hall–Kier alpha value is -1.91. The molecule has 0 N–H and O–H groups in total. The molecular formula is C21H25NO3. The van der Waals surface area contributed by atoms with Gasteiger partial charge >= 0.3 is 0 Å². The van der Waals surface area contributed by atoms with Crippen LogP contribution in [0.15, 0.2) is 42.5 Å². The Balaban J connectivity index is 1.54. The Bertz CT molecular complexity index is 760. The van der Waals surface area contributed by atoms with Gasteiger partial charge in [-0.05, 0) is 48.6 Å². The molecule has 25 heavy (non-hydrogen) atoms. The van der Waals surface area contributed by atoms with Gasteiger partial charge in [-0.25, -0.2) is 0 Å². The summed E-state index contributed by atoms with van der Waals surface area (Å²) < 4.78 is 11.5. The van der Waals surface area contributed by atoms with E-state index in [0.717, 1.165) is 42.4 Å². The van der Waals surface area contributed by atoms with Crippen molar-refractivity contribution in [3.05, 3.63) is 48.0 Å². The van der Waals surface area contributed by atoms with Gasteiger partial charge in [0.15, 0.2) is 0 Å². The van der Waals surface area contributed by atoms with Gasteiger partial charge in [-0.15, -0.1) is 0 Å². The minimum atomic E-state index is 0.126. The number of hydrogen-bond donors (Lipinski definition) is 0. The normalized spacial score (nSPS) is 26.0. The molecule has 1 saturated heterocycles. The lowest BCUT2D eigenvalue weighted by Crippen LogP contribution is -2.51. The van der Waals surface area contributed by atoms with E-state index < -0.39 is 0 Å². The molecule has 0 unspecified atom stereocenters. The van der Waals surface area contributed by atoms with Gasteiger partial charge in [-0.2, -0.15) is 0 Å². The van der Waals surface area contributed by atoms with Crippen molar-refractivity contribution in [2.24, 2.45) is 5.92 Å². The first-order chi connectivity index (χ1) is 12.3. The zero-order valence-electron chi connectivity index (χ0n) is 14.7. The van der Waals surface area contributed by atoms with E-state index in [1.54, 1.807) is 0 Å². The maximum atomic E-state index is 13.1. The fourth-order valence-corrected chi connectivity index (χ4v) is 4.21. The van der Waals surface area contributed by atoms with E-state index in [1.807, 2.05) is 42.2 Å². The van der Waals surface area contributed by atoms with Crippen LogP contribution in [0.1, 0.15) is 30.1 Å². The molecule has 1 heterocycles. The van der Waals surface area contributed by atoms with E-state index in [1.165, 1.54) is 0 Å². The molecule has 2 fully saturated rings. The number of ether oxygens (including phenoxy) is 2. The van der Waals surface area contributed by atoms with Crippen molar-refractivity contribution in [2.75, 3.05) is 26.4 Å². The lowest BCUT2D eigenvalue weighted by atomic mass is 10.0. The number of hydrogen-bond acceptors (Lipinski definition) is 3. The van der Waals surface area contributed by atoms with Gasteiger partial charge in [0.25, 0.3) is 5.91 Å². The van der Waals surface area contributed by atoms with E-state index in [-0.39, 0.29) is 18.1 Å². The third-order valence-electron chi connectivity index (χ3n) is 5.45. The van der Waals surface area contributed by atoms with Gasteiger partial charge in [-0.1, -0.05) is 30.3 Å². The van der Waals surface area contributed by atoms with Crippen molar-refractivity contribution in [3.63, 3.8) is 0 Å². The second kappa shape index (κ2) is 7.14. The minimum absolute atomic E-state index is 0.126. The van der Waals surface area contributed by atoms with Crippen molar-refractivity contribution in [1.82, 2.24) is 4.90 Å². The SMILES string of the molecule is CCOC[C@@H]1C[C@H]2OCCN(C(=O)c3ccc4ccccc4c3)[C@H]2C1. The van der Waals surface area contributed by atoms with E-state index in [2.05, 4.69) is 12.1 Å². The Morgan fingerprint density at radius 2 is 2.04 bits per heavy atom. The highest BCUT2D eigenvalue weighted by Crippen LogP contribution is 2.35. The quantitative estimate of drug-likeness (QED) is 0.856. The zero-order valence-corrected chi connectivity index (χ0v) is 14.7. The molecule has 0 spiro atoms. The average molecular weight is 339 g/mol. The van der Waals surface area contributed by atoms with Crippen LogP contribution in [0.5, 0.6) is 0 Å². The summed E-state index contributed by atoms with van der Waals surface area (Å²) in [6, 6.07) is 14.3. The van der Waals surface area contributed by atoms with E-state index in [0.29, 0.717) is 19.1 Å². The largest absolute Gasteiger partial charge is 0.381 e. The van der Waals surface area contributed by atoms with Crippen LogP contribution >= 0.6 is 0 Å². The molecule has 1 saturated carbocycles. The van der Waals surface area contributed by atoms with Crippen molar-refractivity contribution in [1.29, 1.82) is 0 Å². The molecule has 1 aliphatic heterocycles. The topological polar surface area (TPSA) is 38.8 Å². The molecule has 2 aromatic rings. The summed E-state index contributed by atoms with van der Waals surface area (Å²) in [5.41, 5.74) is 0.771. The number of amides is 1.